The van der Waals surface area contributed by atoms with Crippen molar-refractivity contribution >= 4 is 0 Å². The fourth-order valence-corrected chi connectivity index (χ4v) is 2.61. The second kappa shape index (κ2) is 6.98. The number of benzene rings is 1. The van der Waals surface area contributed by atoms with E-state index in [-0.39, 0.29) is 11.9 Å². The first-order valence-electron chi connectivity index (χ1n) is 6.95. The zero-order valence-electron chi connectivity index (χ0n) is 11.5. The van der Waals surface area contributed by atoms with Crippen LogP contribution < -0.4 is 5.73 Å². The number of hydrogen-bond donors (Lipinski definition) is 1. The van der Waals surface area contributed by atoms with Gasteiger partial charge in [-0.3, -0.25) is 0 Å². The van der Waals surface area contributed by atoms with Crippen LogP contribution in [0.5, 0.6) is 0 Å². The van der Waals surface area contributed by atoms with Gasteiger partial charge in [-0.25, -0.2) is 4.39 Å². The quantitative estimate of drug-likeness (QED) is 0.889. The van der Waals surface area contributed by atoms with Gasteiger partial charge in [-0.2, -0.15) is 0 Å². The molecule has 2 N–H and O–H groups in total. The minimum absolute atomic E-state index is 0.0245. The fraction of sp³-hybridized carbons (Fsp3) is 0.600. The number of hydrogen-bond acceptors (Lipinski definition) is 3. The molecule has 1 fully saturated rings. The standard InChI is InChI=1S/C15H23FN2O/c1-19-14-3-2-9-18(11-14)10-8-15(17)12-4-6-13(16)7-5-12/h4-7,14-15H,2-3,8-11,17H2,1H3. The summed E-state index contributed by atoms with van der Waals surface area (Å²) >= 11 is 0. The molecule has 2 unspecified atom stereocenters. The van der Waals surface area contributed by atoms with Crippen LogP contribution in [0.2, 0.25) is 0 Å². The Labute approximate surface area is 114 Å². The van der Waals surface area contributed by atoms with E-state index in [2.05, 4.69) is 4.90 Å². The topological polar surface area (TPSA) is 38.5 Å². The summed E-state index contributed by atoms with van der Waals surface area (Å²) in [5.41, 5.74) is 7.15. The van der Waals surface area contributed by atoms with Gasteiger partial charge in [-0.1, -0.05) is 12.1 Å². The summed E-state index contributed by atoms with van der Waals surface area (Å²) in [6.45, 7) is 3.08. The minimum Gasteiger partial charge on any atom is -0.380 e. The highest BCUT2D eigenvalue weighted by atomic mass is 19.1. The van der Waals surface area contributed by atoms with Crippen molar-refractivity contribution in [2.24, 2.45) is 5.73 Å². The van der Waals surface area contributed by atoms with Gasteiger partial charge in [0.2, 0.25) is 0 Å². The van der Waals surface area contributed by atoms with Crippen LogP contribution in [0.15, 0.2) is 24.3 Å². The first kappa shape index (κ1) is 14.4. The summed E-state index contributed by atoms with van der Waals surface area (Å²) in [7, 11) is 1.78. The largest absolute Gasteiger partial charge is 0.380 e. The maximum Gasteiger partial charge on any atom is 0.123 e. The molecule has 0 bridgehead atoms. The molecule has 2 atom stereocenters. The Morgan fingerprint density at radius 2 is 2.16 bits per heavy atom. The van der Waals surface area contributed by atoms with E-state index in [1.807, 2.05) is 0 Å². The van der Waals surface area contributed by atoms with Gasteiger partial charge in [0, 0.05) is 26.2 Å². The van der Waals surface area contributed by atoms with Gasteiger partial charge >= 0.3 is 0 Å². The number of ether oxygens (including phenoxy) is 1. The molecule has 1 aliphatic rings. The highest BCUT2D eigenvalue weighted by Crippen LogP contribution is 2.17. The van der Waals surface area contributed by atoms with E-state index in [1.165, 1.54) is 18.6 Å². The predicted molar refractivity (Wildman–Crippen MR) is 74.4 cm³/mol. The average molecular weight is 266 g/mol. The van der Waals surface area contributed by atoms with E-state index in [9.17, 15) is 4.39 Å². The SMILES string of the molecule is COC1CCCN(CCC(N)c2ccc(F)cc2)C1. The number of halogens is 1. The zero-order chi connectivity index (χ0) is 13.7. The maximum absolute atomic E-state index is 12.8. The van der Waals surface area contributed by atoms with Crippen molar-refractivity contribution < 1.29 is 9.13 Å². The highest BCUT2D eigenvalue weighted by molar-refractivity contribution is 5.19. The summed E-state index contributed by atoms with van der Waals surface area (Å²) in [6, 6.07) is 6.46. The van der Waals surface area contributed by atoms with Crippen LogP contribution in [0, 0.1) is 5.82 Å². The molecule has 0 aromatic heterocycles. The summed E-state index contributed by atoms with van der Waals surface area (Å²) in [5.74, 6) is -0.213. The van der Waals surface area contributed by atoms with Crippen molar-refractivity contribution in [1.29, 1.82) is 0 Å². The van der Waals surface area contributed by atoms with Crippen LogP contribution in [-0.4, -0.2) is 37.7 Å². The van der Waals surface area contributed by atoms with E-state index < -0.39 is 0 Å². The smallest absolute Gasteiger partial charge is 0.123 e. The van der Waals surface area contributed by atoms with E-state index in [1.54, 1.807) is 19.2 Å². The summed E-state index contributed by atoms with van der Waals surface area (Å²) in [5, 5.41) is 0. The first-order valence-corrected chi connectivity index (χ1v) is 6.95. The van der Waals surface area contributed by atoms with Crippen molar-refractivity contribution in [2.75, 3.05) is 26.7 Å². The van der Waals surface area contributed by atoms with Crippen LogP contribution >= 0.6 is 0 Å². The van der Waals surface area contributed by atoms with Crippen LogP contribution in [0.4, 0.5) is 4.39 Å². The van der Waals surface area contributed by atoms with Gasteiger partial charge in [-0.05, 0) is 43.5 Å². The Morgan fingerprint density at radius 1 is 1.42 bits per heavy atom. The summed E-state index contributed by atoms with van der Waals surface area (Å²) in [4.78, 5) is 2.40. The second-order valence-corrected chi connectivity index (χ2v) is 5.25. The number of nitrogens with two attached hydrogens (primary N) is 1. The molecular weight excluding hydrogens is 243 g/mol. The monoisotopic (exact) mass is 266 g/mol. The highest BCUT2D eigenvalue weighted by Gasteiger charge is 2.19. The maximum atomic E-state index is 12.8. The lowest BCUT2D eigenvalue weighted by Crippen LogP contribution is -2.40. The molecule has 0 amide bonds. The van der Waals surface area contributed by atoms with Crippen LogP contribution in [0.3, 0.4) is 0 Å². The lowest BCUT2D eigenvalue weighted by molar-refractivity contribution is 0.0305. The third kappa shape index (κ3) is 4.27. The molecule has 19 heavy (non-hydrogen) atoms. The van der Waals surface area contributed by atoms with Gasteiger partial charge in [0.1, 0.15) is 5.82 Å². The van der Waals surface area contributed by atoms with Crippen molar-refractivity contribution in [2.45, 2.75) is 31.4 Å². The van der Waals surface area contributed by atoms with Gasteiger partial charge in [0.05, 0.1) is 6.10 Å². The lowest BCUT2D eigenvalue weighted by Gasteiger charge is -2.32. The molecule has 1 heterocycles. The number of piperidine rings is 1. The third-order valence-electron chi connectivity index (χ3n) is 3.85. The number of likely N-dealkylation sites (tertiary alicyclic amines) is 1. The van der Waals surface area contributed by atoms with E-state index >= 15 is 0 Å². The molecule has 1 aliphatic heterocycles. The number of nitrogens with zero attached hydrogens (tertiary/aromatic N) is 1. The zero-order valence-corrected chi connectivity index (χ0v) is 11.5. The molecule has 2 rings (SSSR count). The molecule has 1 aromatic carbocycles. The molecule has 1 aromatic rings. The molecule has 0 aliphatic carbocycles. The molecule has 106 valence electrons. The van der Waals surface area contributed by atoms with E-state index in [0.29, 0.717) is 6.10 Å². The molecule has 3 nitrogen and oxygen atoms in total. The summed E-state index contributed by atoms with van der Waals surface area (Å²) < 4.78 is 18.3. The van der Waals surface area contributed by atoms with Crippen molar-refractivity contribution in [3.05, 3.63) is 35.6 Å². The van der Waals surface area contributed by atoms with Gasteiger partial charge < -0.3 is 15.4 Å². The predicted octanol–water partition coefficient (Wildman–Crippen LogP) is 2.33. The van der Waals surface area contributed by atoms with Crippen LogP contribution in [0.25, 0.3) is 0 Å². The molecule has 0 radical (unpaired) electrons. The average Bonchev–Trinajstić information content (AvgIpc) is 2.46. The lowest BCUT2D eigenvalue weighted by atomic mass is 10.0. The Balaban J connectivity index is 1.79. The second-order valence-electron chi connectivity index (χ2n) is 5.25. The minimum atomic E-state index is -0.213. The Morgan fingerprint density at radius 3 is 2.84 bits per heavy atom. The first-order chi connectivity index (χ1) is 9.19. The van der Waals surface area contributed by atoms with Crippen LogP contribution in [0.1, 0.15) is 30.9 Å². The van der Waals surface area contributed by atoms with Gasteiger partial charge in [-0.15, -0.1) is 0 Å². The van der Waals surface area contributed by atoms with E-state index in [0.717, 1.165) is 38.0 Å². The Kier molecular flexibility index (Phi) is 5.31. The third-order valence-corrected chi connectivity index (χ3v) is 3.85. The molecule has 0 spiro atoms. The molecule has 0 saturated carbocycles. The summed E-state index contributed by atoms with van der Waals surface area (Å²) in [6.07, 6.45) is 3.58. The molecule has 4 heteroatoms. The number of methoxy groups -OCH3 is 1. The van der Waals surface area contributed by atoms with Gasteiger partial charge in [0.25, 0.3) is 0 Å². The Hall–Kier alpha value is -0.970. The molecular formula is C15H23FN2O. The van der Waals surface area contributed by atoms with Crippen molar-refractivity contribution in [1.82, 2.24) is 4.90 Å². The van der Waals surface area contributed by atoms with Crippen LogP contribution in [-0.2, 0) is 4.74 Å². The van der Waals surface area contributed by atoms with Gasteiger partial charge in [0.15, 0.2) is 0 Å². The fourth-order valence-electron chi connectivity index (χ4n) is 2.61. The Bertz CT molecular complexity index is 382. The normalized spacial score (nSPS) is 22.4. The van der Waals surface area contributed by atoms with Crippen molar-refractivity contribution in [3.63, 3.8) is 0 Å². The van der Waals surface area contributed by atoms with Crippen molar-refractivity contribution in [3.8, 4) is 0 Å². The number of rotatable bonds is 5. The molecule has 1 saturated heterocycles. The van der Waals surface area contributed by atoms with E-state index in [4.69, 9.17) is 10.5 Å².